The number of carbonyl (C=O) groups is 1. The first-order valence-electron chi connectivity index (χ1n) is 19.5. The number of rotatable bonds is 9. The van der Waals surface area contributed by atoms with E-state index in [9.17, 15) is 4.79 Å². The van der Waals surface area contributed by atoms with Gasteiger partial charge in [-0.1, -0.05) is 30.3 Å². The van der Waals surface area contributed by atoms with Gasteiger partial charge in [0.25, 0.3) is 0 Å². The molecule has 0 aliphatic carbocycles. The Morgan fingerprint density at radius 2 is 1.89 bits per heavy atom. The molecule has 3 saturated heterocycles. The lowest BCUT2D eigenvalue weighted by molar-refractivity contribution is -0.0366. The van der Waals surface area contributed by atoms with E-state index in [1.54, 1.807) is 4.90 Å². The number of likely N-dealkylation sites (tertiary alicyclic amines) is 1. The molecule has 1 amide bonds. The van der Waals surface area contributed by atoms with Crippen LogP contribution in [0.1, 0.15) is 66.3 Å². The summed E-state index contributed by atoms with van der Waals surface area (Å²) in [4.78, 5) is 36.0. The van der Waals surface area contributed by atoms with E-state index < -0.39 is 6.09 Å². The fourth-order valence-electron chi connectivity index (χ4n) is 8.57. The van der Waals surface area contributed by atoms with E-state index in [1.807, 2.05) is 36.5 Å². The van der Waals surface area contributed by atoms with Gasteiger partial charge in [0.1, 0.15) is 25.1 Å². The number of hydrogen-bond donors (Lipinski definition) is 0. The molecule has 6 heterocycles. The van der Waals surface area contributed by atoms with Crippen LogP contribution in [0.25, 0.3) is 15.7 Å². The maximum Gasteiger partial charge on any atom is 0.410 e. The van der Waals surface area contributed by atoms with Gasteiger partial charge >= 0.3 is 12.1 Å². The van der Waals surface area contributed by atoms with E-state index >= 15 is 0 Å². The number of piperazine rings is 1. The van der Waals surface area contributed by atoms with Crippen LogP contribution in [0.15, 0.2) is 42.6 Å². The number of fused-ring (bicyclic) bond motifs is 2. The summed E-state index contributed by atoms with van der Waals surface area (Å²) in [6.07, 6.45) is 7.76. The fraction of sp³-hybridized carbons (Fsp3) is 0.537. The smallest absolute Gasteiger partial charge is 0.410 e. The molecule has 0 radical (unpaired) electrons. The molecule has 0 spiro atoms. The molecule has 0 N–H and O–H groups in total. The average molecular weight is 734 g/mol. The number of aryl methyl sites for hydroxylation is 1. The SMILES string of the molecule is [C-]#[N+]C[C@H]1CN(c2nc(OC[C@@H]3CCCN3C)nc3c2CCN(c2c(C)c(C)cc4c2cnn4C2CCCCO2)C3)CCN1C(=O)OCc1ccccc1. The van der Waals surface area contributed by atoms with Crippen molar-refractivity contribution in [1.29, 1.82) is 0 Å². The van der Waals surface area contributed by atoms with Crippen molar-refractivity contribution >= 4 is 28.5 Å². The Balaban J connectivity index is 1.08. The zero-order chi connectivity index (χ0) is 37.2. The van der Waals surface area contributed by atoms with E-state index in [2.05, 4.69) is 51.2 Å². The zero-order valence-corrected chi connectivity index (χ0v) is 31.7. The molecular weight excluding hydrogens is 683 g/mol. The van der Waals surface area contributed by atoms with Crippen LogP contribution in [0.5, 0.6) is 6.01 Å². The highest BCUT2D eigenvalue weighted by Crippen LogP contribution is 2.39. The highest BCUT2D eigenvalue weighted by atomic mass is 16.6. The van der Waals surface area contributed by atoms with E-state index in [1.165, 1.54) is 16.8 Å². The second kappa shape index (κ2) is 15.8. The Labute approximate surface area is 317 Å². The normalized spacial score (nSPS) is 22.0. The minimum absolute atomic E-state index is 0.0416. The predicted octanol–water partition coefficient (Wildman–Crippen LogP) is 5.92. The van der Waals surface area contributed by atoms with Crippen LogP contribution in [0.3, 0.4) is 0 Å². The third kappa shape index (κ3) is 7.29. The lowest BCUT2D eigenvalue weighted by Gasteiger charge is -2.41. The van der Waals surface area contributed by atoms with Gasteiger partial charge in [0, 0.05) is 49.8 Å². The molecule has 0 bridgehead atoms. The first kappa shape index (κ1) is 36.1. The summed E-state index contributed by atoms with van der Waals surface area (Å²) >= 11 is 0. The quantitative estimate of drug-likeness (QED) is 0.193. The van der Waals surface area contributed by atoms with Crippen LogP contribution in [-0.2, 0) is 29.0 Å². The molecule has 2 aromatic carbocycles. The van der Waals surface area contributed by atoms with Crippen LogP contribution in [0.2, 0.25) is 0 Å². The van der Waals surface area contributed by atoms with Crippen LogP contribution in [-0.4, -0.2) is 107 Å². The first-order valence-corrected chi connectivity index (χ1v) is 19.5. The Hall–Kier alpha value is -4.93. The predicted molar refractivity (Wildman–Crippen MR) is 207 cm³/mol. The molecule has 3 atom stereocenters. The van der Waals surface area contributed by atoms with E-state index in [-0.39, 0.29) is 25.4 Å². The fourth-order valence-corrected chi connectivity index (χ4v) is 8.57. The molecule has 0 saturated carbocycles. The average Bonchev–Trinajstić information content (AvgIpc) is 3.82. The molecule has 8 rings (SSSR count). The second-order valence-corrected chi connectivity index (χ2v) is 15.2. The largest absolute Gasteiger partial charge is 0.462 e. The Morgan fingerprint density at radius 1 is 1.02 bits per heavy atom. The van der Waals surface area contributed by atoms with Crippen molar-refractivity contribution in [3.8, 4) is 6.01 Å². The minimum Gasteiger partial charge on any atom is -0.462 e. The summed E-state index contributed by atoms with van der Waals surface area (Å²) in [5.74, 6) is 0.843. The molecule has 13 heteroatoms. The monoisotopic (exact) mass is 733 g/mol. The number of hydrogen-bond acceptors (Lipinski definition) is 10. The highest BCUT2D eigenvalue weighted by Gasteiger charge is 2.37. The molecule has 4 aliphatic rings. The number of carbonyl (C=O) groups excluding carboxylic acids is 1. The number of nitrogens with zero attached hydrogens (tertiary/aromatic N) is 9. The Bertz CT molecular complexity index is 2010. The topological polar surface area (TPSA) is 106 Å². The van der Waals surface area contributed by atoms with Crippen LogP contribution in [0.4, 0.5) is 16.3 Å². The van der Waals surface area contributed by atoms with Crippen molar-refractivity contribution in [1.82, 2.24) is 29.5 Å². The molecule has 284 valence electrons. The van der Waals surface area contributed by atoms with Crippen molar-refractivity contribution in [2.75, 3.05) is 69.3 Å². The van der Waals surface area contributed by atoms with Crippen molar-refractivity contribution in [2.24, 2.45) is 0 Å². The zero-order valence-electron chi connectivity index (χ0n) is 31.7. The summed E-state index contributed by atoms with van der Waals surface area (Å²) in [5.41, 5.74) is 7.73. The van der Waals surface area contributed by atoms with Crippen molar-refractivity contribution in [3.05, 3.63) is 82.0 Å². The molecule has 4 aliphatic heterocycles. The van der Waals surface area contributed by atoms with Gasteiger partial charge in [0.2, 0.25) is 6.54 Å². The van der Waals surface area contributed by atoms with E-state index in [0.717, 1.165) is 91.8 Å². The molecule has 54 heavy (non-hydrogen) atoms. The molecule has 1 unspecified atom stereocenters. The van der Waals surface area contributed by atoms with Gasteiger partial charge in [-0.3, -0.25) is 4.90 Å². The Morgan fingerprint density at radius 3 is 2.67 bits per heavy atom. The maximum absolute atomic E-state index is 13.3. The second-order valence-electron chi connectivity index (χ2n) is 15.2. The lowest BCUT2D eigenvalue weighted by Crippen LogP contribution is -2.57. The highest BCUT2D eigenvalue weighted by molar-refractivity contribution is 5.95. The third-order valence-electron chi connectivity index (χ3n) is 11.8. The summed E-state index contributed by atoms with van der Waals surface area (Å²) in [5, 5.41) is 6.00. The van der Waals surface area contributed by atoms with Crippen LogP contribution < -0.4 is 14.5 Å². The molecule has 13 nitrogen and oxygen atoms in total. The molecule has 4 aromatic rings. The van der Waals surface area contributed by atoms with Crippen molar-refractivity contribution in [2.45, 2.75) is 83.8 Å². The van der Waals surface area contributed by atoms with Gasteiger partial charge in [-0.25, -0.2) is 16.0 Å². The van der Waals surface area contributed by atoms with Crippen molar-refractivity contribution < 1.29 is 19.0 Å². The van der Waals surface area contributed by atoms with Gasteiger partial charge in [-0.15, -0.1) is 0 Å². The van der Waals surface area contributed by atoms with Gasteiger partial charge in [0.05, 0.1) is 29.6 Å². The van der Waals surface area contributed by atoms with Gasteiger partial charge in [-0.2, -0.15) is 15.1 Å². The van der Waals surface area contributed by atoms with E-state index in [4.69, 9.17) is 35.8 Å². The number of benzene rings is 2. The lowest BCUT2D eigenvalue weighted by atomic mass is 9.99. The number of amides is 1. The maximum atomic E-state index is 13.3. The van der Waals surface area contributed by atoms with Gasteiger partial charge in [-0.05, 0) is 88.7 Å². The van der Waals surface area contributed by atoms with Crippen LogP contribution in [0, 0.1) is 20.4 Å². The summed E-state index contributed by atoms with van der Waals surface area (Å²) in [7, 11) is 2.15. The number of aromatic nitrogens is 4. The van der Waals surface area contributed by atoms with Gasteiger partial charge < -0.3 is 33.8 Å². The third-order valence-corrected chi connectivity index (χ3v) is 11.8. The number of anilines is 2. The molecule has 2 aromatic heterocycles. The molecular formula is C41H51N9O4. The minimum atomic E-state index is -0.393. The van der Waals surface area contributed by atoms with Crippen LogP contribution >= 0.6 is 0 Å². The summed E-state index contributed by atoms with van der Waals surface area (Å²) < 4.78 is 20.4. The summed E-state index contributed by atoms with van der Waals surface area (Å²) in [6.45, 7) is 17.7. The molecule has 3 fully saturated rings. The number of likely N-dealkylation sites (N-methyl/N-ethyl adjacent to an activating group) is 1. The number of ether oxygens (including phenoxy) is 3. The standard InChI is InChI=1S/C41H51N9O4/c1-28-21-36-34(23-43-50(36)37-14-8-9-20-52-37)38(29(28)2)47-17-15-33-35(25-47)44-40(53-27-31-13-10-16-46(31)4)45-39(33)48-18-19-49(32(24-48)22-42-3)41(51)54-26-30-11-6-5-7-12-30/h5-7,11-12,21,23,31-32,37H,8-10,13-20,22,24-27H2,1-2,4H3/t31-,32-,37?/m0/s1. The Kier molecular flexibility index (Phi) is 10.6. The van der Waals surface area contributed by atoms with Gasteiger partial charge in [0.15, 0.2) is 6.23 Å². The summed E-state index contributed by atoms with van der Waals surface area (Å²) in [6, 6.07) is 12.3. The van der Waals surface area contributed by atoms with Crippen molar-refractivity contribution in [3.63, 3.8) is 0 Å². The first-order chi connectivity index (χ1) is 26.4. The van der Waals surface area contributed by atoms with E-state index in [0.29, 0.717) is 44.8 Å².